The Kier molecular flexibility index (Phi) is 3.47. The van der Waals surface area contributed by atoms with Crippen molar-refractivity contribution in [3.63, 3.8) is 0 Å². The maximum absolute atomic E-state index is 10.6. The number of nitrogens with one attached hydrogen (secondary N) is 1. The number of nitrogens with zero attached hydrogens (tertiary/aromatic N) is 1. The molecule has 1 N–H and O–H groups in total. The van der Waals surface area contributed by atoms with Crippen molar-refractivity contribution in [2.75, 3.05) is 6.54 Å². The smallest absolute Gasteiger partial charge is 0.313 e. The molecule has 1 heterocycles. The highest BCUT2D eigenvalue weighted by atomic mass is 35.5. The Hall–Kier alpha value is -1.09. The van der Waals surface area contributed by atoms with Crippen molar-refractivity contribution in [2.45, 2.75) is 19.3 Å². The summed E-state index contributed by atoms with van der Waals surface area (Å²) in [5, 5.41) is 2.04. The first-order valence-electron chi connectivity index (χ1n) is 4.37. The first-order chi connectivity index (χ1) is 6.52. The van der Waals surface area contributed by atoms with Gasteiger partial charge < -0.3 is 5.32 Å². The quantitative estimate of drug-likeness (QED) is 0.617. The summed E-state index contributed by atoms with van der Waals surface area (Å²) in [5.41, 5.74) is 0.733. The van der Waals surface area contributed by atoms with Crippen LogP contribution in [0.25, 0.3) is 0 Å². The van der Waals surface area contributed by atoms with E-state index >= 15 is 0 Å². The van der Waals surface area contributed by atoms with Crippen LogP contribution in [0.15, 0.2) is 24.4 Å². The number of aromatic nitrogens is 1. The van der Waals surface area contributed by atoms with Gasteiger partial charge in [0.15, 0.2) is 0 Å². The molecule has 1 aromatic heterocycles. The Morgan fingerprint density at radius 3 is 2.79 bits per heavy atom. The summed E-state index contributed by atoms with van der Waals surface area (Å²) in [6.45, 7) is 4.48. The maximum atomic E-state index is 10.6. The predicted octanol–water partition coefficient (Wildman–Crippen LogP) is 2.31. The van der Waals surface area contributed by atoms with Gasteiger partial charge in [-0.05, 0) is 23.7 Å². The molecule has 0 fully saturated rings. The Labute approximate surface area is 88.5 Å². The first kappa shape index (κ1) is 11.0. The minimum absolute atomic E-state index is 0.203. The zero-order valence-electron chi connectivity index (χ0n) is 8.25. The van der Waals surface area contributed by atoms with Gasteiger partial charge in [-0.15, -0.1) is 0 Å². The minimum Gasteiger partial charge on any atom is -0.342 e. The van der Waals surface area contributed by atoms with Gasteiger partial charge in [-0.3, -0.25) is 9.78 Å². The van der Waals surface area contributed by atoms with Crippen molar-refractivity contribution >= 4 is 17.0 Å². The number of carbonyl (C=O) groups is 1. The van der Waals surface area contributed by atoms with Crippen LogP contribution < -0.4 is 5.32 Å². The van der Waals surface area contributed by atoms with Gasteiger partial charge in [0.25, 0.3) is 0 Å². The molecule has 0 saturated carbocycles. The van der Waals surface area contributed by atoms with Crippen LogP contribution in [0.4, 0.5) is 4.79 Å². The van der Waals surface area contributed by atoms with Crippen LogP contribution in [0.3, 0.4) is 0 Å². The van der Waals surface area contributed by atoms with Gasteiger partial charge in [-0.25, -0.2) is 0 Å². The summed E-state index contributed by atoms with van der Waals surface area (Å²) < 4.78 is 0. The number of carbonyl (C=O) groups excluding carboxylic acids is 1. The Morgan fingerprint density at radius 1 is 1.57 bits per heavy atom. The third-order valence-electron chi connectivity index (χ3n) is 2.03. The van der Waals surface area contributed by atoms with Crippen molar-refractivity contribution in [1.82, 2.24) is 10.3 Å². The summed E-state index contributed by atoms with van der Waals surface area (Å²) in [6.07, 6.45) is 1.74. The van der Waals surface area contributed by atoms with Crippen LogP contribution in [0, 0.1) is 0 Å². The van der Waals surface area contributed by atoms with Crippen molar-refractivity contribution in [3.8, 4) is 0 Å². The third kappa shape index (κ3) is 3.00. The largest absolute Gasteiger partial charge is 0.342 e. The molecule has 0 unspecified atom stereocenters. The van der Waals surface area contributed by atoms with E-state index in [-0.39, 0.29) is 5.41 Å². The molecule has 76 valence electrons. The number of halogens is 1. The van der Waals surface area contributed by atoms with Crippen LogP contribution in [0.1, 0.15) is 19.5 Å². The van der Waals surface area contributed by atoms with Gasteiger partial charge in [0, 0.05) is 23.9 Å². The monoisotopic (exact) mass is 212 g/mol. The molecule has 0 bridgehead atoms. The molecule has 0 aliphatic heterocycles. The van der Waals surface area contributed by atoms with Crippen LogP contribution in [-0.4, -0.2) is 16.9 Å². The Balaban J connectivity index is 2.70. The van der Waals surface area contributed by atoms with Crippen molar-refractivity contribution in [1.29, 1.82) is 0 Å². The molecule has 0 radical (unpaired) electrons. The van der Waals surface area contributed by atoms with Gasteiger partial charge >= 0.3 is 5.37 Å². The fourth-order valence-electron chi connectivity index (χ4n) is 1.14. The normalized spacial score (nSPS) is 11.1. The second kappa shape index (κ2) is 4.42. The number of pyridine rings is 1. The molecule has 14 heavy (non-hydrogen) atoms. The highest BCUT2D eigenvalue weighted by molar-refractivity contribution is 6.62. The summed E-state index contributed by atoms with van der Waals surface area (Å²) >= 11 is 5.20. The van der Waals surface area contributed by atoms with Gasteiger partial charge in [0.05, 0.1) is 0 Å². The van der Waals surface area contributed by atoms with Crippen LogP contribution in [0.2, 0.25) is 0 Å². The molecular formula is C10H13ClN2O. The first-order valence-corrected chi connectivity index (χ1v) is 4.75. The molecule has 1 rings (SSSR count). The number of hydrogen-bond donors (Lipinski definition) is 1. The summed E-state index contributed by atoms with van der Waals surface area (Å²) in [7, 11) is 0. The number of rotatable bonds is 3. The van der Waals surface area contributed by atoms with Gasteiger partial charge in [0.1, 0.15) is 0 Å². The SMILES string of the molecule is CC(C)(CNC(=O)Cl)c1ccccn1. The highest BCUT2D eigenvalue weighted by Gasteiger charge is 2.21. The standard InChI is InChI=1S/C10H13ClN2O/c1-10(2,7-13-9(11)14)8-5-3-4-6-12-8/h3-6H,7H2,1-2H3,(H,13,14). The van der Waals surface area contributed by atoms with Crippen LogP contribution >= 0.6 is 11.6 Å². The van der Waals surface area contributed by atoms with E-state index < -0.39 is 5.37 Å². The molecule has 3 nitrogen and oxygen atoms in total. The van der Waals surface area contributed by atoms with E-state index in [1.54, 1.807) is 6.20 Å². The van der Waals surface area contributed by atoms with Gasteiger partial charge in [-0.1, -0.05) is 19.9 Å². The van der Waals surface area contributed by atoms with Crippen molar-refractivity contribution in [3.05, 3.63) is 30.1 Å². The molecule has 0 aliphatic rings. The summed E-state index contributed by atoms with van der Waals surface area (Å²) in [6, 6.07) is 5.71. The zero-order valence-corrected chi connectivity index (χ0v) is 9.01. The second-order valence-corrected chi connectivity index (χ2v) is 4.07. The van der Waals surface area contributed by atoms with E-state index in [4.69, 9.17) is 11.6 Å². The average molecular weight is 213 g/mol. The fourth-order valence-corrected chi connectivity index (χ4v) is 1.21. The van der Waals surface area contributed by atoms with E-state index in [1.165, 1.54) is 0 Å². The molecular weight excluding hydrogens is 200 g/mol. The van der Waals surface area contributed by atoms with E-state index in [2.05, 4.69) is 10.3 Å². The van der Waals surface area contributed by atoms with Gasteiger partial charge in [0.2, 0.25) is 0 Å². The molecule has 1 aromatic rings. The zero-order chi connectivity index (χ0) is 10.6. The molecule has 1 amide bonds. The van der Waals surface area contributed by atoms with E-state index in [1.807, 2.05) is 32.0 Å². The lowest BCUT2D eigenvalue weighted by Crippen LogP contribution is -2.34. The highest BCUT2D eigenvalue weighted by Crippen LogP contribution is 2.19. The van der Waals surface area contributed by atoms with Crippen molar-refractivity contribution in [2.24, 2.45) is 0 Å². The lowest BCUT2D eigenvalue weighted by Gasteiger charge is -2.23. The lowest BCUT2D eigenvalue weighted by atomic mass is 9.89. The van der Waals surface area contributed by atoms with Gasteiger partial charge in [-0.2, -0.15) is 0 Å². The minimum atomic E-state index is -0.533. The summed E-state index contributed by atoms with van der Waals surface area (Å²) in [4.78, 5) is 14.8. The topological polar surface area (TPSA) is 42.0 Å². The third-order valence-corrected chi connectivity index (χ3v) is 2.16. The average Bonchev–Trinajstić information content (AvgIpc) is 2.16. The summed E-state index contributed by atoms with van der Waals surface area (Å²) in [5.74, 6) is 0. The lowest BCUT2D eigenvalue weighted by molar-refractivity contribution is 0.257. The molecule has 0 saturated heterocycles. The second-order valence-electron chi connectivity index (χ2n) is 3.73. The fraction of sp³-hybridized carbons (Fsp3) is 0.400. The molecule has 0 atom stereocenters. The van der Waals surface area contributed by atoms with Crippen LogP contribution in [-0.2, 0) is 5.41 Å². The number of amides is 1. The van der Waals surface area contributed by atoms with E-state index in [0.29, 0.717) is 6.54 Å². The Bertz CT molecular complexity index is 311. The van der Waals surface area contributed by atoms with E-state index in [0.717, 1.165) is 5.69 Å². The van der Waals surface area contributed by atoms with Crippen molar-refractivity contribution < 1.29 is 4.79 Å². The van der Waals surface area contributed by atoms with Crippen LogP contribution in [0.5, 0.6) is 0 Å². The Morgan fingerprint density at radius 2 is 2.29 bits per heavy atom. The molecule has 0 aliphatic carbocycles. The molecule has 4 heteroatoms. The number of hydrogen-bond acceptors (Lipinski definition) is 2. The van der Waals surface area contributed by atoms with E-state index in [9.17, 15) is 4.79 Å². The predicted molar refractivity (Wildman–Crippen MR) is 56.5 cm³/mol. The molecule has 0 spiro atoms. The maximum Gasteiger partial charge on any atom is 0.313 e. The molecule has 0 aromatic carbocycles.